The summed E-state index contributed by atoms with van der Waals surface area (Å²) in [5.74, 6) is -0.884. The van der Waals surface area contributed by atoms with Crippen LogP contribution in [0.15, 0.2) is 42.5 Å². The summed E-state index contributed by atoms with van der Waals surface area (Å²) in [6.45, 7) is 1.67. The Balaban J connectivity index is 1.37. The number of aromatic amines is 1. The Bertz CT molecular complexity index is 1280. The lowest BCUT2D eigenvalue weighted by molar-refractivity contribution is 0.0638. The van der Waals surface area contributed by atoms with Gasteiger partial charge < -0.3 is 9.64 Å². The van der Waals surface area contributed by atoms with Gasteiger partial charge in [-0.3, -0.25) is 24.4 Å². The van der Waals surface area contributed by atoms with Gasteiger partial charge in [0, 0.05) is 67.2 Å². The summed E-state index contributed by atoms with van der Waals surface area (Å²) in [4.78, 5) is 41.8. The zero-order chi connectivity index (χ0) is 23.8. The van der Waals surface area contributed by atoms with Gasteiger partial charge in [-0.1, -0.05) is 23.7 Å². The molecule has 2 aliphatic rings. The molecule has 3 heterocycles. The van der Waals surface area contributed by atoms with Crippen molar-refractivity contribution in [1.82, 2.24) is 20.0 Å². The fraction of sp³-hybridized carbons (Fsp3) is 0.280. The SMILES string of the molecule is COCCCN1C(=O)c2ccc(C(=O)N3CCc4[nH]nc(-c5ccc(Cl)cc5)c4C3)cc2C1=O. The van der Waals surface area contributed by atoms with E-state index < -0.39 is 0 Å². The smallest absolute Gasteiger partial charge is 0.261 e. The van der Waals surface area contributed by atoms with Crippen LogP contribution >= 0.6 is 11.6 Å². The van der Waals surface area contributed by atoms with Crippen molar-refractivity contribution in [2.75, 3.05) is 26.8 Å². The maximum absolute atomic E-state index is 13.4. The van der Waals surface area contributed by atoms with E-state index >= 15 is 0 Å². The Morgan fingerprint density at radius 2 is 1.88 bits per heavy atom. The first-order valence-electron chi connectivity index (χ1n) is 11.1. The average Bonchev–Trinajstić information content (AvgIpc) is 3.38. The highest BCUT2D eigenvalue weighted by Crippen LogP contribution is 2.30. The fourth-order valence-electron chi connectivity index (χ4n) is 4.49. The predicted molar refractivity (Wildman–Crippen MR) is 126 cm³/mol. The minimum atomic E-state index is -0.369. The summed E-state index contributed by atoms with van der Waals surface area (Å²) in [6.07, 6.45) is 1.21. The molecule has 174 valence electrons. The third kappa shape index (κ3) is 3.89. The van der Waals surface area contributed by atoms with Crippen molar-refractivity contribution in [2.24, 2.45) is 0 Å². The first kappa shape index (κ1) is 22.3. The number of aromatic nitrogens is 2. The van der Waals surface area contributed by atoms with E-state index in [0.717, 1.165) is 22.5 Å². The van der Waals surface area contributed by atoms with E-state index in [9.17, 15) is 14.4 Å². The van der Waals surface area contributed by atoms with Crippen molar-refractivity contribution >= 4 is 29.3 Å². The van der Waals surface area contributed by atoms with E-state index in [2.05, 4.69) is 10.2 Å². The van der Waals surface area contributed by atoms with Crippen LogP contribution in [-0.4, -0.2) is 64.5 Å². The largest absolute Gasteiger partial charge is 0.385 e. The zero-order valence-electron chi connectivity index (χ0n) is 18.6. The number of fused-ring (bicyclic) bond motifs is 2. The number of benzene rings is 2. The van der Waals surface area contributed by atoms with Crippen LogP contribution in [0.5, 0.6) is 0 Å². The molecule has 2 aromatic carbocycles. The molecule has 0 spiro atoms. The van der Waals surface area contributed by atoms with Gasteiger partial charge in [0.1, 0.15) is 0 Å². The number of hydrogen-bond donors (Lipinski definition) is 1. The molecule has 0 bridgehead atoms. The lowest BCUT2D eigenvalue weighted by atomic mass is 9.99. The maximum Gasteiger partial charge on any atom is 0.261 e. The summed E-state index contributed by atoms with van der Waals surface area (Å²) >= 11 is 6.01. The van der Waals surface area contributed by atoms with Crippen LogP contribution in [0.4, 0.5) is 0 Å². The van der Waals surface area contributed by atoms with Gasteiger partial charge in [0.15, 0.2) is 0 Å². The summed E-state index contributed by atoms with van der Waals surface area (Å²) in [5.41, 5.74) is 4.69. The van der Waals surface area contributed by atoms with Crippen LogP contribution in [-0.2, 0) is 17.7 Å². The van der Waals surface area contributed by atoms with Crippen LogP contribution in [0.3, 0.4) is 0 Å². The summed E-state index contributed by atoms with van der Waals surface area (Å²) < 4.78 is 5.02. The highest BCUT2D eigenvalue weighted by atomic mass is 35.5. The highest BCUT2D eigenvalue weighted by Gasteiger charge is 2.36. The van der Waals surface area contributed by atoms with Crippen molar-refractivity contribution < 1.29 is 19.1 Å². The van der Waals surface area contributed by atoms with Crippen LogP contribution in [0.25, 0.3) is 11.3 Å². The van der Waals surface area contributed by atoms with E-state index in [1.165, 1.54) is 4.90 Å². The van der Waals surface area contributed by atoms with E-state index in [4.69, 9.17) is 16.3 Å². The van der Waals surface area contributed by atoms with Crippen LogP contribution in [0, 0.1) is 0 Å². The molecule has 34 heavy (non-hydrogen) atoms. The van der Waals surface area contributed by atoms with Gasteiger partial charge in [-0.25, -0.2) is 0 Å². The van der Waals surface area contributed by atoms with Gasteiger partial charge in [-0.05, 0) is 36.8 Å². The second-order valence-corrected chi connectivity index (χ2v) is 8.82. The second-order valence-electron chi connectivity index (χ2n) is 8.38. The minimum absolute atomic E-state index is 0.185. The molecule has 8 nitrogen and oxygen atoms in total. The quantitative estimate of drug-likeness (QED) is 0.431. The van der Waals surface area contributed by atoms with Gasteiger partial charge in [-0.15, -0.1) is 0 Å². The molecular formula is C25H23ClN4O4. The molecule has 0 saturated heterocycles. The van der Waals surface area contributed by atoms with E-state index in [-0.39, 0.29) is 29.8 Å². The number of imide groups is 1. The topological polar surface area (TPSA) is 95.6 Å². The number of nitrogens with one attached hydrogen (secondary N) is 1. The standard InChI is InChI=1S/C25H23ClN4O4/c1-34-12-2-10-30-24(32)18-8-5-16(13-19(18)25(30)33)23(31)29-11-9-21-20(14-29)22(28-27-21)15-3-6-17(26)7-4-15/h3-8,13H,2,9-12,14H2,1H3,(H,27,28). The van der Waals surface area contributed by atoms with E-state index in [0.29, 0.717) is 48.7 Å². The molecule has 0 aliphatic carbocycles. The number of methoxy groups -OCH3 is 1. The van der Waals surface area contributed by atoms with Crippen LogP contribution in [0.1, 0.15) is 48.8 Å². The predicted octanol–water partition coefficient (Wildman–Crippen LogP) is 3.56. The van der Waals surface area contributed by atoms with Crippen molar-refractivity contribution in [2.45, 2.75) is 19.4 Å². The number of halogens is 1. The van der Waals surface area contributed by atoms with Gasteiger partial charge in [0.2, 0.25) is 0 Å². The first-order chi connectivity index (χ1) is 16.5. The Kier molecular flexibility index (Phi) is 5.93. The van der Waals surface area contributed by atoms with Crippen molar-refractivity contribution in [1.29, 1.82) is 0 Å². The molecule has 0 atom stereocenters. The lowest BCUT2D eigenvalue weighted by Crippen LogP contribution is -2.36. The molecule has 9 heteroatoms. The summed E-state index contributed by atoms with van der Waals surface area (Å²) in [6, 6.07) is 12.2. The van der Waals surface area contributed by atoms with Crippen LogP contribution < -0.4 is 0 Å². The number of amides is 3. The Morgan fingerprint density at radius 1 is 1.12 bits per heavy atom. The maximum atomic E-state index is 13.4. The third-order valence-electron chi connectivity index (χ3n) is 6.29. The molecular weight excluding hydrogens is 456 g/mol. The number of nitrogens with zero attached hydrogens (tertiary/aromatic N) is 3. The second kappa shape index (κ2) is 9.04. The summed E-state index contributed by atoms with van der Waals surface area (Å²) in [5, 5.41) is 8.20. The monoisotopic (exact) mass is 478 g/mol. The number of ether oxygens (including phenoxy) is 1. The Morgan fingerprint density at radius 3 is 2.65 bits per heavy atom. The van der Waals surface area contributed by atoms with Gasteiger partial charge in [-0.2, -0.15) is 5.10 Å². The summed E-state index contributed by atoms with van der Waals surface area (Å²) in [7, 11) is 1.58. The zero-order valence-corrected chi connectivity index (χ0v) is 19.4. The number of hydrogen-bond acceptors (Lipinski definition) is 5. The van der Waals surface area contributed by atoms with Gasteiger partial charge in [0.25, 0.3) is 17.7 Å². The molecule has 5 rings (SSSR count). The van der Waals surface area contributed by atoms with Crippen molar-refractivity contribution in [3.63, 3.8) is 0 Å². The van der Waals surface area contributed by atoms with E-state index in [1.54, 1.807) is 30.2 Å². The molecule has 1 N–H and O–H groups in total. The highest BCUT2D eigenvalue weighted by molar-refractivity contribution is 6.30. The van der Waals surface area contributed by atoms with Gasteiger partial charge in [0.05, 0.1) is 16.8 Å². The number of carbonyl (C=O) groups is 3. The average molecular weight is 479 g/mol. The van der Waals surface area contributed by atoms with Crippen molar-refractivity contribution in [3.8, 4) is 11.3 Å². The first-order valence-corrected chi connectivity index (χ1v) is 11.5. The van der Waals surface area contributed by atoms with Crippen molar-refractivity contribution in [3.05, 3.63) is 75.4 Å². The van der Waals surface area contributed by atoms with E-state index in [1.807, 2.05) is 24.3 Å². The molecule has 1 aromatic heterocycles. The number of rotatable bonds is 6. The molecule has 2 aliphatic heterocycles. The number of H-pyrrole nitrogens is 1. The minimum Gasteiger partial charge on any atom is -0.385 e. The normalized spacial score (nSPS) is 15.0. The lowest BCUT2D eigenvalue weighted by Gasteiger charge is -2.27. The molecule has 0 unspecified atom stereocenters. The van der Waals surface area contributed by atoms with Gasteiger partial charge >= 0.3 is 0 Å². The Labute approximate surface area is 201 Å². The number of carbonyl (C=O) groups excluding carboxylic acids is 3. The molecule has 0 radical (unpaired) electrons. The third-order valence-corrected chi connectivity index (χ3v) is 6.54. The molecule has 0 saturated carbocycles. The van der Waals surface area contributed by atoms with Crippen LogP contribution in [0.2, 0.25) is 5.02 Å². The molecule has 3 aromatic rings. The molecule has 0 fully saturated rings. The Hall–Kier alpha value is -3.49. The fourth-order valence-corrected chi connectivity index (χ4v) is 4.62. The molecule has 3 amide bonds.